The molecule has 0 saturated carbocycles. The van der Waals surface area contributed by atoms with Gasteiger partial charge in [0, 0.05) is 6.42 Å². The maximum absolute atomic E-state index is 12.1. The molecule has 0 spiro atoms. The molecule has 168 valence electrons. The molecule has 2 aromatic rings. The second-order valence-corrected chi connectivity index (χ2v) is 8.20. The highest BCUT2D eigenvalue weighted by Crippen LogP contribution is 2.42. The standard InChI is InChI=1S/C26H34O5/c1-2-3-6-11-21(14-9-5-10-15-24(27)28)26(31,22-12-7-4-8-13-22)23-18-16-20(17-19-23)25(29)30/h4,7-8,12-13,16-19,21,31H,2-3,5-6,9-11,14-15H2,1H3,(H,27,28)(H,29,30). The van der Waals surface area contributed by atoms with Gasteiger partial charge in [-0.05, 0) is 48.4 Å². The fourth-order valence-corrected chi connectivity index (χ4v) is 4.24. The first-order valence-electron chi connectivity index (χ1n) is 11.2. The first-order valence-corrected chi connectivity index (χ1v) is 11.2. The van der Waals surface area contributed by atoms with Gasteiger partial charge in [-0.3, -0.25) is 4.79 Å². The molecule has 3 N–H and O–H groups in total. The number of unbranched alkanes of at least 4 members (excludes halogenated alkanes) is 4. The number of benzene rings is 2. The monoisotopic (exact) mass is 426 g/mol. The van der Waals surface area contributed by atoms with Gasteiger partial charge in [0.15, 0.2) is 0 Å². The molecular weight excluding hydrogens is 392 g/mol. The number of carboxylic acids is 2. The van der Waals surface area contributed by atoms with Gasteiger partial charge in [0.2, 0.25) is 0 Å². The second-order valence-electron chi connectivity index (χ2n) is 8.20. The summed E-state index contributed by atoms with van der Waals surface area (Å²) >= 11 is 0. The number of rotatable bonds is 14. The Labute approximate surface area is 184 Å². The number of aromatic carboxylic acids is 1. The van der Waals surface area contributed by atoms with Crippen LogP contribution in [0.15, 0.2) is 54.6 Å². The highest BCUT2D eigenvalue weighted by molar-refractivity contribution is 5.87. The van der Waals surface area contributed by atoms with Gasteiger partial charge in [0.1, 0.15) is 5.60 Å². The van der Waals surface area contributed by atoms with Crippen LogP contribution in [0.5, 0.6) is 0 Å². The van der Waals surface area contributed by atoms with E-state index in [1.807, 2.05) is 30.3 Å². The predicted octanol–water partition coefficient (Wildman–Crippen LogP) is 5.85. The lowest BCUT2D eigenvalue weighted by Crippen LogP contribution is -2.36. The van der Waals surface area contributed by atoms with Crippen LogP contribution in [0, 0.1) is 5.92 Å². The first-order chi connectivity index (χ1) is 14.9. The summed E-state index contributed by atoms with van der Waals surface area (Å²) < 4.78 is 0. The van der Waals surface area contributed by atoms with E-state index in [0.717, 1.165) is 50.5 Å². The van der Waals surface area contributed by atoms with Crippen LogP contribution in [0.25, 0.3) is 0 Å². The van der Waals surface area contributed by atoms with Crippen LogP contribution in [-0.2, 0) is 10.4 Å². The third kappa shape index (κ3) is 6.93. The number of hydrogen-bond acceptors (Lipinski definition) is 3. The number of aliphatic hydroxyl groups is 1. The minimum atomic E-state index is -1.24. The number of aliphatic carboxylic acids is 1. The third-order valence-electron chi connectivity index (χ3n) is 5.98. The van der Waals surface area contributed by atoms with E-state index in [4.69, 9.17) is 5.11 Å². The SMILES string of the molecule is CCCCCC(CCCCCC(=O)O)C(O)(c1ccccc1)c1ccc(C(=O)O)cc1. The van der Waals surface area contributed by atoms with E-state index in [1.54, 1.807) is 24.3 Å². The van der Waals surface area contributed by atoms with E-state index in [2.05, 4.69) is 6.92 Å². The molecular formula is C26H34O5. The van der Waals surface area contributed by atoms with Gasteiger partial charge in [0.25, 0.3) is 0 Å². The van der Waals surface area contributed by atoms with Crippen molar-refractivity contribution in [1.29, 1.82) is 0 Å². The largest absolute Gasteiger partial charge is 0.481 e. The highest BCUT2D eigenvalue weighted by atomic mass is 16.4. The molecule has 0 radical (unpaired) electrons. The maximum atomic E-state index is 12.1. The van der Waals surface area contributed by atoms with Gasteiger partial charge < -0.3 is 15.3 Å². The van der Waals surface area contributed by atoms with Crippen LogP contribution in [-0.4, -0.2) is 27.3 Å². The van der Waals surface area contributed by atoms with Crippen LogP contribution < -0.4 is 0 Å². The molecule has 2 unspecified atom stereocenters. The summed E-state index contributed by atoms with van der Waals surface area (Å²) in [7, 11) is 0. The fourth-order valence-electron chi connectivity index (χ4n) is 4.24. The molecule has 2 aromatic carbocycles. The fraction of sp³-hybridized carbons (Fsp3) is 0.462. The Bertz CT molecular complexity index is 815. The Hall–Kier alpha value is -2.66. The molecule has 5 heteroatoms. The highest BCUT2D eigenvalue weighted by Gasteiger charge is 2.39. The normalized spacial score (nSPS) is 14.0. The molecule has 0 aliphatic heterocycles. The van der Waals surface area contributed by atoms with Gasteiger partial charge in [0.05, 0.1) is 5.56 Å². The van der Waals surface area contributed by atoms with Crippen LogP contribution in [0.1, 0.15) is 86.2 Å². The van der Waals surface area contributed by atoms with Crippen molar-refractivity contribution in [2.75, 3.05) is 0 Å². The summed E-state index contributed by atoms with van der Waals surface area (Å²) in [5.74, 6) is -1.83. The summed E-state index contributed by atoms with van der Waals surface area (Å²) in [6.07, 6.45) is 7.23. The van der Waals surface area contributed by atoms with Gasteiger partial charge in [-0.1, -0.05) is 81.5 Å². The zero-order valence-corrected chi connectivity index (χ0v) is 18.3. The number of carbonyl (C=O) groups is 2. The van der Waals surface area contributed by atoms with Crippen molar-refractivity contribution in [3.8, 4) is 0 Å². The summed E-state index contributed by atoms with van der Waals surface area (Å²) in [5, 5.41) is 30.3. The lowest BCUT2D eigenvalue weighted by Gasteiger charge is -2.38. The number of carboxylic acid groups (broad SMARTS) is 2. The molecule has 0 aliphatic rings. The van der Waals surface area contributed by atoms with E-state index in [9.17, 15) is 19.8 Å². The van der Waals surface area contributed by atoms with E-state index in [1.165, 1.54) is 0 Å². The minimum absolute atomic E-state index is 0.0537. The molecule has 5 nitrogen and oxygen atoms in total. The van der Waals surface area contributed by atoms with Crippen molar-refractivity contribution in [3.05, 3.63) is 71.3 Å². The molecule has 0 aliphatic carbocycles. The molecule has 0 amide bonds. The van der Waals surface area contributed by atoms with Crippen molar-refractivity contribution in [2.45, 2.75) is 70.3 Å². The van der Waals surface area contributed by atoms with Crippen molar-refractivity contribution >= 4 is 11.9 Å². The Morgan fingerprint density at radius 1 is 0.806 bits per heavy atom. The van der Waals surface area contributed by atoms with Gasteiger partial charge >= 0.3 is 11.9 Å². The average molecular weight is 427 g/mol. The quantitative estimate of drug-likeness (QED) is 0.329. The van der Waals surface area contributed by atoms with E-state index in [0.29, 0.717) is 12.0 Å². The smallest absolute Gasteiger partial charge is 0.335 e. The number of hydrogen-bond donors (Lipinski definition) is 3. The zero-order chi connectivity index (χ0) is 22.7. The minimum Gasteiger partial charge on any atom is -0.481 e. The summed E-state index contributed by atoms with van der Waals surface area (Å²) in [6.45, 7) is 2.15. The van der Waals surface area contributed by atoms with Crippen LogP contribution >= 0.6 is 0 Å². The topological polar surface area (TPSA) is 94.8 Å². The Kier molecular flexibility index (Phi) is 9.73. The molecule has 0 bridgehead atoms. The molecule has 0 saturated heterocycles. The summed E-state index contributed by atoms with van der Waals surface area (Å²) in [4.78, 5) is 22.1. The molecule has 0 fully saturated rings. The van der Waals surface area contributed by atoms with Gasteiger partial charge in [-0.15, -0.1) is 0 Å². The van der Waals surface area contributed by atoms with E-state index < -0.39 is 17.5 Å². The molecule has 31 heavy (non-hydrogen) atoms. The Morgan fingerprint density at radius 2 is 1.39 bits per heavy atom. The van der Waals surface area contributed by atoms with E-state index >= 15 is 0 Å². The lowest BCUT2D eigenvalue weighted by atomic mass is 9.71. The van der Waals surface area contributed by atoms with Crippen molar-refractivity contribution in [3.63, 3.8) is 0 Å². The average Bonchev–Trinajstić information content (AvgIpc) is 2.77. The molecule has 0 aromatic heterocycles. The van der Waals surface area contributed by atoms with E-state index in [-0.39, 0.29) is 17.9 Å². The van der Waals surface area contributed by atoms with Gasteiger partial charge in [-0.2, -0.15) is 0 Å². The Balaban J connectivity index is 2.35. The molecule has 2 rings (SSSR count). The van der Waals surface area contributed by atoms with Crippen LogP contribution in [0.4, 0.5) is 0 Å². The lowest BCUT2D eigenvalue weighted by molar-refractivity contribution is -0.137. The zero-order valence-electron chi connectivity index (χ0n) is 18.3. The summed E-state index contributed by atoms with van der Waals surface area (Å²) in [5.41, 5.74) is 0.440. The van der Waals surface area contributed by atoms with Crippen LogP contribution in [0.2, 0.25) is 0 Å². The maximum Gasteiger partial charge on any atom is 0.335 e. The third-order valence-corrected chi connectivity index (χ3v) is 5.98. The second kappa shape index (κ2) is 12.3. The molecule has 2 atom stereocenters. The predicted molar refractivity (Wildman–Crippen MR) is 121 cm³/mol. The van der Waals surface area contributed by atoms with Crippen molar-refractivity contribution in [2.24, 2.45) is 5.92 Å². The van der Waals surface area contributed by atoms with Crippen LogP contribution in [0.3, 0.4) is 0 Å². The van der Waals surface area contributed by atoms with Crippen molar-refractivity contribution in [1.82, 2.24) is 0 Å². The van der Waals surface area contributed by atoms with Crippen molar-refractivity contribution < 1.29 is 24.9 Å². The van der Waals surface area contributed by atoms with Gasteiger partial charge in [-0.25, -0.2) is 4.79 Å². The summed E-state index contributed by atoms with van der Waals surface area (Å²) in [6, 6.07) is 16.1. The first kappa shape index (κ1) is 24.6. The molecule has 0 heterocycles. The Morgan fingerprint density at radius 3 is 1.94 bits per heavy atom.